The van der Waals surface area contributed by atoms with Gasteiger partial charge >= 0.3 is 0 Å². The highest BCUT2D eigenvalue weighted by molar-refractivity contribution is 5.01. The maximum absolute atomic E-state index is 10.7. The van der Waals surface area contributed by atoms with Gasteiger partial charge in [0.05, 0.1) is 6.10 Å². The normalized spacial score (nSPS) is 14.1. The Hall–Kier alpha value is -0.870. The highest BCUT2D eigenvalue weighted by Crippen LogP contribution is 2.27. The van der Waals surface area contributed by atoms with Crippen LogP contribution in [0.15, 0.2) is 12.4 Å². The van der Waals surface area contributed by atoms with E-state index in [1.165, 1.54) is 0 Å². The Labute approximate surface area is 117 Å². The Morgan fingerprint density at radius 1 is 1.32 bits per heavy atom. The maximum Gasteiger partial charge on any atom is 0.111 e. The van der Waals surface area contributed by atoms with Crippen LogP contribution >= 0.6 is 0 Å². The Balaban J connectivity index is 2.87. The number of hydrogen-bond acceptors (Lipinski definition) is 3. The van der Waals surface area contributed by atoms with Crippen LogP contribution in [0.1, 0.15) is 45.9 Å². The van der Waals surface area contributed by atoms with Crippen molar-refractivity contribution in [3.63, 3.8) is 0 Å². The lowest BCUT2D eigenvalue weighted by molar-refractivity contribution is -0.0140. The summed E-state index contributed by atoms with van der Waals surface area (Å²) in [5.41, 5.74) is -0.164. The molecule has 110 valence electrons. The molecule has 0 bridgehead atoms. The predicted molar refractivity (Wildman–Crippen MR) is 79.2 cm³/mol. The Bertz CT molecular complexity index is 369. The van der Waals surface area contributed by atoms with Crippen molar-refractivity contribution in [3.8, 4) is 0 Å². The van der Waals surface area contributed by atoms with E-state index < -0.39 is 6.10 Å². The summed E-state index contributed by atoms with van der Waals surface area (Å²) in [7, 11) is 4.10. The zero-order valence-electron chi connectivity index (χ0n) is 13.1. The number of imidazole rings is 1. The fraction of sp³-hybridized carbons (Fsp3) is 0.800. The summed E-state index contributed by atoms with van der Waals surface area (Å²) in [6, 6.07) is 0. The van der Waals surface area contributed by atoms with Gasteiger partial charge in [0.2, 0.25) is 0 Å². The van der Waals surface area contributed by atoms with E-state index in [2.05, 4.69) is 49.3 Å². The smallest absolute Gasteiger partial charge is 0.111 e. The number of aliphatic hydroxyl groups excluding tert-OH is 1. The molecule has 0 aliphatic rings. The molecule has 0 spiro atoms. The number of aryl methyl sites for hydroxylation is 1. The molecule has 1 heterocycles. The third kappa shape index (κ3) is 3.37. The fourth-order valence-electron chi connectivity index (χ4n) is 2.99. The van der Waals surface area contributed by atoms with Crippen molar-refractivity contribution in [2.45, 2.75) is 64.6 Å². The van der Waals surface area contributed by atoms with Crippen molar-refractivity contribution < 1.29 is 5.11 Å². The van der Waals surface area contributed by atoms with Gasteiger partial charge in [-0.25, -0.2) is 4.98 Å². The van der Waals surface area contributed by atoms with Crippen LogP contribution in [-0.4, -0.2) is 45.3 Å². The molecule has 0 saturated heterocycles. The number of hydrogen-bond donors (Lipinski definition) is 1. The second kappa shape index (κ2) is 7.06. The van der Waals surface area contributed by atoms with E-state index in [1.807, 2.05) is 12.4 Å². The number of aromatic nitrogens is 2. The van der Waals surface area contributed by atoms with Crippen LogP contribution in [0.2, 0.25) is 0 Å². The van der Waals surface area contributed by atoms with Crippen molar-refractivity contribution in [1.29, 1.82) is 0 Å². The zero-order chi connectivity index (χ0) is 14.5. The second-order valence-corrected chi connectivity index (χ2v) is 5.46. The van der Waals surface area contributed by atoms with Gasteiger partial charge in [0.15, 0.2) is 0 Å². The summed E-state index contributed by atoms with van der Waals surface area (Å²) in [4.78, 5) is 6.56. The molecule has 1 aromatic rings. The van der Waals surface area contributed by atoms with Crippen LogP contribution in [0.3, 0.4) is 0 Å². The Morgan fingerprint density at radius 2 is 1.95 bits per heavy atom. The standard InChI is InChI=1S/C15H29N3O/c1-6-10-18-11-9-16-14(18)12-13(19)15(7-2,8-3)17(4)5/h9,11,13,19H,6-8,10,12H2,1-5H3. The van der Waals surface area contributed by atoms with Crippen LogP contribution in [0, 0.1) is 0 Å². The minimum atomic E-state index is -0.393. The molecule has 0 aliphatic carbocycles. The van der Waals surface area contributed by atoms with Gasteiger partial charge in [-0.05, 0) is 33.4 Å². The Morgan fingerprint density at radius 3 is 2.42 bits per heavy atom. The third-order valence-corrected chi connectivity index (χ3v) is 4.38. The van der Waals surface area contributed by atoms with E-state index in [1.54, 1.807) is 0 Å². The molecule has 0 fully saturated rings. The molecule has 0 aliphatic heterocycles. The Kier molecular flexibility index (Phi) is 6.01. The average molecular weight is 267 g/mol. The van der Waals surface area contributed by atoms with E-state index >= 15 is 0 Å². The zero-order valence-corrected chi connectivity index (χ0v) is 13.1. The maximum atomic E-state index is 10.7. The van der Waals surface area contributed by atoms with Crippen molar-refractivity contribution in [3.05, 3.63) is 18.2 Å². The lowest BCUT2D eigenvalue weighted by Crippen LogP contribution is -2.53. The number of likely N-dealkylation sites (N-methyl/N-ethyl adjacent to an activating group) is 1. The molecule has 19 heavy (non-hydrogen) atoms. The molecule has 1 rings (SSSR count). The molecule has 1 atom stereocenters. The largest absolute Gasteiger partial charge is 0.391 e. The summed E-state index contributed by atoms with van der Waals surface area (Å²) >= 11 is 0. The lowest BCUT2D eigenvalue weighted by atomic mass is 9.83. The number of nitrogens with zero attached hydrogens (tertiary/aromatic N) is 3. The van der Waals surface area contributed by atoms with Crippen LogP contribution in [0.4, 0.5) is 0 Å². The summed E-state index contributed by atoms with van der Waals surface area (Å²) < 4.78 is 2.15. The molecule has 1 aromatic heterocycles. The highest BCUT2D eigenvalue weighted by Gasteiger charge is 2.37. The van der Waals surface area contributed by atoms with Gasteiger partial charge in [-0.15, -0.1) is 0 Å². The van der Waals surface area contributed by atoms with Gasteiger partial charge in [-0.2, -0.15) is 0 Å². The summed E-state index contributed by atoms with van der Waals surface area (Å²) in [6.45, 7) is 7.41. The van der Waals surface area contributed by atoms with Gasteiger partial charge in [-0.1, -0.05) is 20.8 Å². The molecule has 4 heteroatoms. The molecular weight excluding hydrogens is 238 g/mol. The summed E-state index contributed by atoms with van der Waals surface area (Å²) in [5.74, 6) is 0.988. The van der Waals surface area contributed by atoms with Crippen LogP contribution < -0.4 is 0 Å². The molecule has 0 radical (unpaired) electrons. The van der Waals surface area contributed by atoms with Crippen molar-refractivity contribution in [2.75, 3.05) is 14.1 Å². The first kappa shape index (κ1) is 16.2. The minimum absolute atomic E-state index is 0.164. The second-order valence-electron chi connectivity index (χ2n) is 5.46. The van der Waals surface area contributed by atoms with E-state index in [0.29, 0.717) is 6.42 Å². The predicted octanol–water partition coefficient (Wildman–Crippen LogP) is 2.32. The van der Waals surface area contributed by atoms with Gasteiger partial charge in [0.25, 0.3) is 0 Å². The summed E-state index contributed by atoms with van der Waals surface area (Å²) in [6.07, 6.45) is 7.01. The van der Waals surface area contributed by atoms with E-state index in [4.69, 9.17) is 0 Å². The molecule has 1 unspecified atom stereocenters. The molecular formula is C15H29N3O. The topological polar surface area (TPSA) is 41.3 Å². The van der Waals surface area contributed by atoms with E-state index in [0.717, 1.165) is 31.6 Å². The van der Waals surface area contributed by atoms with Gasteiger partial charge < -0.3 is 14.6 Å². The molecule has 4 nitrogen and oxygen atoms in total. The van der Waals surface area contributed by atoms with Crippen LogP contribution in [0.25, 0.3) is 0 Å². The molecule has 1 N–H and O–H groups in total. The quantitative estimate of drug-likeness (QED) is 0.786. The monoisotopic (exact) mass is 267 g/mol. The molecule has 0 amide bonds. The summed E-state index contributed by atoms with van der Waals surface area (Å²) in [5, 5.41) is 10.7. The first-order chi connectivity index (χ1) is 9.01. The molecule has 0 aromatic carbocycles. The lowest BCUT2D eigenvalue weighted by Gasteiger charge is -2.42. The third-order valence-electron chi connectivity index (χ3n) is 4.38. The molecule has 0 saturated carbocycles. The first-order valence-electron chi connectivity index (χ1n) is 7.37. The average Bonchev–Trinajstić information content (AvgIpc) is 2.79. The van der Waals surface area contributed by atoms with Gasteiger partial charge in [0, 0.05) is 30.9 Å². The highest BCUT2D eigenvalue weighted by atomic mass is 16.3. The fourth-order valence-corrected chi connectivity index (χ4v) is 2.99. The van der Waals surface area contributed by atoms with Crippen molar-refractivity contribution in [1.82, 2.24) is 14.5 Å². The van der Waals surface area contributed by atoms with E-state index in [-0.39, 0.29) is 5.54 Å². The van der Waals surface area contributed by atoms with Crippen molar-refractivity contribution >= 4 is 0 Å². The number of aliphatic hydroxyl groups is 1. The van der Waals surface area contributed by atoms with E-state index in [9.17, 15) is 5.11 Å². The first-order valence-corrected chi connectivity index (χ1v) is 7.37. The van der Waals surface area contributed by atoms with Gasteiger partial charge in [-0.3, -0.25) is 0 Å². The van der Waals surface area contributed by atoms with Crippen LogP contribution in [-0.2, 0) is 13.0 Å². The minimum Gasteiger partial charge on any atom is -0.391 e. The van der Waals surface area contributed by atoms with Gasteiger partial charge in [0.1, 0.15) is 5.82 Å². The van der Waals surface area contributed by atoms with Crippen molar-refractivity contribution in [2.24, 2.45) is 0 Å². The SMILES string of the molecule is CCCn1ccnc1CC(O)C(CC)(CC)N(C)C. The number of rotatable bonds is 8. The van der Waals surface area contributed by atoms with Crippen LogP contribution in [0.5, 0.6) is 0 Å².